The van der Waals surface area contributed by atoms with Crippen LogP contribution in [0.1, 0.15) is 26.7 Å². The molecule has 0 aromatic carbocycles. The zero-order valence-corrected chi connectivity index (χ0v) is 11.1. The van der Waals surface area contributed by atoms with Crippen LogP contribution in [0.5, 0.6) is 0 Å². The molecule has 7 heteroatoms. The Bertz CT molecular complexity index is 465. The predicted octanol–water partition coefficient (Wildman–Crippen LogP) is -0.00950. The fourth-order valence-corrected chi connectivity index (χ4v) is 1.42. The van der Waals surface area contributed by atoms with Crippen molar-refractivity contribution in [2.45, 2.75) is 32.7 Å². The molecule has 0 aliphatic heterocycles. The molecule has 0 amide bonds. The summed E-state index contributed by atoms with van der Waals surface area (Å²) in [4.78, 5) is 26.4. The quantitative estimate of drug-likeness (QED) is 0.596. The van der Waals surface area contributed by atoms with Crippen molar-refractivity contribution >= 4 is 5.82 Å². The third-order valence-corrected chi connectivity index (χ3v) is 2.82. The SMILES string of the molecule is CC(C)N(C)CCCCNc1n[nH]c(=O)[nH]c1=O. The lowest BCUT2D eigenvalue weighted by Crippen LogP contribution is -2.28. The van der Waals surface area contributed by atoms with Gasteiger partial charge in [-0.2, -0.15) is 0 Å². The zero-order chi connectivity index (χ0) is 13.5. The minimum atomic E-state index is -0.593. The van der Waals surface area contributed by atoms with Crippen LogP contribution in [0, 0.1) is 0 Å². The summed E-state index contributed by atoms with van der Waals surface area (Å²) in [5.41, 5.74) is -1.08. The highest BCUT2D eigenvalue weighted by molar-refractivity contribution is 5.28. The van der Waals surface area contributed by atoms with E-state index >= 15 is 0 Å². The van der Waals surface area contributed by atoms with Crippen LogP contribution in [0.25, 0.3) is 0 Å². The average molecular weight is 255 g/mol. The van der Waals surface area contributed by atoms with E-state index < -0.39 is 11.2 Å². The summed E-state index contributed by atoms with van der Waals surface area (Å²) in [6.07, 6.45) is 1.99. The minimum Gasteiger partial charge on any atom is -0.364 e. The van der Waals surface area contributed by atoms with Gasteiger partial charge in [0.1, 0.15) is 0 Å². The minimum absolute atomic E-state index is 0.159. The summed E-state index contributed by atoms with van der Waals surface area (Å²) in [6.45, 7) is 5.99. The Morgan fingerprint density at radius 3 is 2.67 bits per heavy atom. The van der Waals surface area contributed by atoms with Crippen molar-refractivity contribution in [1.82, 2.24) is 20.1 Å². The number of nitrogens with zero attached hydrogens (tertiary/aromatic N) is 2. The molecule has 1 aromatic heterocycles. The number of nitrogens with one attached hydrogen (secondary N) is 3. The molecule has 18 heavy (non-hydrogen) atoms. The topological polar surface area (TPSA) is 93.9 Å². The van der Waals surface area contributed by atoms with Crippen molar-refractivity contribution in [3.63, 3.8) is 0 Å². The Kier molecular flexibility index (Phi) is 5.57. The van der Waals surface area contributed by atoms with Crippen molar-refractivity contribution in [2.75, 3.05) is 25.5 Å². The molecule has 0 bridgehead atoms. The molecule has 102 valence electrons. The van der Waals surface area contributed by atoms with Crippen LogP contribution in [0.4, 0.5) is 5.82 Å². The smallest absolute Gasteiger partial charge is 0.342 e. The molecule has 1 heterocycles. The summed E-state index contributed by atoms with van der Waals surface area (Å²) < 4.78 is 0. The molecule has 0 radical (unpaired) electrons. The first-order valence-electron chi connectivity index (χ1n) is 6.14. The third kappa shape index (κ3) is 4.70. The van der Waals surface area contributed by atoms with E-state index in [-0.39, 0.29) is 5.82 Å². The van der Waals surface area contributed by atoms with Gasteiger partial charge in [-0.05, 0) is 40.3 Å². The second-order valence-corrected chi connectivity index (χ2v) is 4.56. The molecule has 0 saturated carbocycles. The van der Waals surface area contributed by atoms with Gasteiger partial charge in [-0.25, -0.2) is 9.89 Å². The van der Waals surface area contributed by atoms with Crippen molar-refractivity contribution in [3.05, 3.63) is 20.8 Å². The molecule has 0 atom stereocenters. The van der Waals surface area contributed by atoms with Gasteiger partial charge < -0.3 is 10.2 Å². The van der Waals surface area contributed by atoms with Gasteiger partial charge in [-0.3, -0.25) is 9.78 Å². The molecular weight excluding hydrogens is 234 g/mol. The van der Waals surface area contributed by atoms with Gasteiger partial charge in [-0.15, -0.1) is 5.10 Å². The van der Waals surface area contributed by atoms with E-state index in [0.29, 0.717) is 12.6 Å². The molecular formula is C11H21N5O2. The molecule has 1 aromatic rings. The van der Waals surface area contributed by atoms with Crippen molar-refractivity contribution < 1.29 is 0 Å². The maximum atomic E-state index is 11.3. The highest BCUT2D eigenvalue weighted by Crippen LogP contribution is 1.98. The summed E-state index contributed by atoms with van der Waals surface area (Å²) in [6, 6.07) is 0.543. The van der Waals surface area contributed by atoms with Crippen molar-refractivity contribution in [2.24, 2.45) is 0 Å². The van der Waals surface area contributed by atoms with Crippen molar-refractivity contribution in [1.29, 1.82) is 0 Å². The van der Waals surface area contributed by atoms with Gasteiger partial charge in [0.25, 0.3) is 5.56 Å². The van der Waals surface area contributed by atoms with E-state index in [1.807, 2.05) is 0 Å². The monoisotopic (exact) mass is 255 g/mol. The Labute approximate surface area is 106 Å². The second kappa shape index (κ2) is 6.95. The molecule has 0 saturated heterocycles. The Morgan fingerprint density at radius 1 is 1.33 bits per heavy atom. The molecule has 0 fully saturated rings. The lowest BCUT2D eigenvalue weighted by Gasteiger charge is -2.20. The lowest BCUT2D eigenvalue weighted by atomic mass is 10.2. The van der Waals surface area contributed by atoms with Crippen LogP contribution in [0.2, 0.25) is 0 Å². The lowest BCUT2D eigenvalue weighted by molar-refractivity contribution is 0.269. The second-order valence-electron chi connectivity index (χ2n) is 4.56. The Morgan fingerprint density at radius 2 is 2.06 bits per heavy atom. The summed E-state index contributed by atoms with van der Waals surface area (Å²) >= 11 is 0. The Hall–Kier alpha value is -1.63. The fraction of sp³-hybridized carbons (Fsp3) is 0.727. The highest BCUT2D eigenvalue weighted by atomic mass is 16.2. The number of hydrogen-bond acceptors (Lipinski definition) is 5. The van der Waals surface area contributed by atoms with Crippen LogP contribution < -0.4 is 16.6 Å². The molecule has 0 aliphatic rings. The number of hydrogen-bond donors (Lipinski definition) is 3. The zero-order valence-electron chi connectivity index (χ0n) is 11.1. The fourth-order valence-electron chi connectivity index (χ4n) is 1.42. The van der Waals surface area contributed by atoms with E-state index in [4.69, 9.17) is 0 Å². The Balaban J connectivity index is 2.26. The van der Waals surface area contributed by atoms with Crippen LogP contribution in [-0.2, 0) is 0 Å². The van der Waals surface area contributed by atoms with E-state index in [0.717, 1.165) is 19.4 Å². The van der Waals surface area contributed by atoms with Crippen LogP contribution in [-0.4, -0.2) is 46.3 Å². The molecule has 7 nitrogen and oxygen atoms in total. The predicted molar refractivity (Wildman–Crippen MR) is 71.0 cm³/mol. The number of aromatic amines is 2. The summed E-state index contributed by atoms with van der Waals surface area (Å²) in [5.74, 6) is 0.159. The average Bonchev–Trinajstić information content (AvgIpc) is 2.30. The molecule has 0 unspecified atom stereocenters. The number of aromatic nitrogens is 3. The molecule has 0 spiro atoms. The number of anilines is 1. The molecule has 3 N–H and O–H groups in total. The third-order valence-electron chi connectivity index (χ3n) is 2.82. The maximum absolute atomic E-state index is 11.3. The van der Waals surface area contributed by atoms with Crippen LogP contribution in [0.15, 0.2) is 9.59 Å². The normalized spacial score (nSPS) is 11.2. The molecule has 0 aliphatic carbocycles. The largest absolute Gasteiger partial charge is 0.364 e. The van der Waals surface area contributed by atoms with E-state index in [1.54, 1.807) is 0 Å². The first-order chi connectivity index (χ1) is 8.50. The van der Waals surface area contributed by atoms with Crippen molar-refractivity contribution in [3.8, 4) is 0 Å². The van der Waals surface area contributed by atoms with Gasteiger partial charge in [-0.1, -0.05) is 0 Å². The van der Waals surface area contributed by atoms with E-state index in [1.165, 1.54) is 0 Å². The molecule has 1 rings (SSSR count). The maximum Gasteiger partial charge on any atom is 0.342 e. The van der Waals surface area contributed by atoms with Gasteiger partial charge in [0.15, 0.2) is 0 Å². The summed E-state index contributed by atoms with van der Waals surface area (Å²) in [7, 11) is 2.09. The van der Waals surface area contributed by atoms with E-state index in [9.17, 15) is 9.59 Å². The number of H-pyrrole nitrogens is 2. The first-order valence-corrected chi connectivity index (χ1v) is 6.14. The van der Waals surface area contributed by atoms with E-state index in [2.05, 4.69) is 46.3 Å². The number of unbranched alkanes of at least 4 members (excludes halogenated alkanes) is 1. The standard InChI is InChI=1S/C11H21N5O2/c1-8(2)16(3)7-5-4-6-12-9-10(17)13-11(18)15-14-9/h8H,4-7H2,1-3H3,(H,12,14)(H2,13,15,17,18). The van der Waals surface area contributed by atoms with Crippen LogP contribution in [0.3, 0.4) is 0 Å². The van der Waals surface area contributed by atoms with Gasteiger partial charge >= 0.3 is 5.69 Å². The van der Waals surface area contributed by atoms with Crippen LogP contribution >= 0.6 is 0 Å². The highest BCUT2D eigenvalue weighted by Gasteiger charge is 2.03. The number of rotatable bonds is 7. The van der Waals surface area contributed by atoms with Gasteiger partial charge in [0.2, 0.25) is 5.82 Å². The van der Waals surface area contributed by atoms with Gasteiger partial charge in [0, 0.05) is 12.6 Å². The van der Waals surface area contributed by atoms with Gasteiger partial charge in [0.05, 0.1) is 0 Å². The first kappa shape index (κ1) is 14.4. The summed E-state index contributed by atoms with van der Waals surface area (Å²) in [5, 5.41) is 8.72.